The Balaban J connectivity index is 1.98. The molecule has 0 fully saturated rings. The Kier molecular flexibility index (Phi) is 3.11. The maximum atomic E-state index is 11.6. The maximum absolute atomic E-state index is 11.6. The van der Waals surface area contributed by atoms with Crippen molar-refractivity contribution < 1.29 is 4.79 Å². The van der Waals surface area contributed by atoms with E-state index in [2.05, 4.69) is 15.3 Å². The summed E-state index contributed by atoms with van der Waals surface area (Å²) < 4.78 is 0. The predicted octanol–water partition coefficient (Wildman–Crippen LogP) is 1.05. The van der Waals surface area contributed by atoms with Crippen molar-refractivity contribution in [1.82, 2.24) is 15.3 Å². The highest BCUT2D eigenvalue weighted by Gasteiger charge is 2.07. The van der Waals surface area contributed by atoms with Crippen LogP contribution < -0.4 is 11.1 Å². The van der Waals surface area contributed by atoms with Gasteiger partial charge in [0.25, 0.3) is 5.91 Å². The highest BCUT2D eigenvalue weighted by Crippen LogP contribution is 2.02. The Bertz CT molecular complexity index is 483. The minimum Gasteiger partial charge on any atom is -0.384 e. The fourth-order valence-electron chi connectivity index (χ4n) is 1.16. The van der Waals surface area contributed by atoms with E-state index in [0.29, 0.717) is 18.1 Å². The van der Waals surface area contributed by atoms with Crippen LogP contribution in [-0.4, -0.2) is 15.9 Å². The largest absolute Gasteiger partial charge is 0.384 e. The van der Waals surface area contributed by atoms with Gasteiger partial charge in [0, 0.05) is 5.38 Å². The molecular weight excluding hydrogens is 224 g/mol. The molecule has 0 saturated carbocycles. The summed E-state index contributed by atoms with van der Waals surface area (Å²) in [5.41, 5.74) is 8.36. The van der Waals surface area contributed by atoms with Crippen LogP contribution in [0.15, 0.2) is 29.1 Å². The molecule has 2 aromatic heterocycles. The number of thiazole rings is 1. The molecule has 0 spiro atoms. The standard InChI is InChI=1S/C10H10N4OS/c11-9-3-1-2-8(14-9)10(15)12-4-7-5-16-6-13-7/h1-3,5-6H,4H2,(H2,11,14)(H,12,15). The Morgan fingerprint density at radius 3 is 3.06 bits per heavy atom. The van der Waals surface area contributed by atoms with E-state index in [0.717, 1.165) is 5.69 Å². The Morgan fingerprint density at radius 1 is 1.50 bits per heavy atom. The van der Waals surface area contributed by atoms with E-state index < -0.39 is 0 Å². The number of carbonyl (C=O) groups is 1. The average molecular weight is 234 g/mol. The van der Waals surface area contributed by atoms with Gasteiger partial charge in [0.15, 0.2) is 0 Å². The van der Waals surface area contributed by atoms with Crippen molar-refractivity contribution in [3.8, 4) is 0 Å². The van der Waals surface area contributed by atoms with E-state index >= 15 is 0 Å². The smallest absolute Gasteiger partial charge is 0.270 e. The van der Waals surface area contributed by atoms with E-state index in [-0.39, 0.29) is 5.91 Å². The molecule has 2 aromatic rings. The van der Waals surface area contributed by atoms with Crippen LogP contribution in [0, 0.1) is 0 Å². The van der Waals surface area contributed by atoms with Gasteiger partial charge in [0.1, 0.15) is 11.5 Å². The van der Waals surface area contributed by atoms with E-state index in [1.165, 1.54) is 11.3 Å². The lowest BCUT2D eigenvalue weighted by molar-refractivity contribution is 0.0945. The molecule has 2 rings (SSSR count). The molecule has 0 saturated heterocycles. The third kappa shape index (κ3) is 2.54. The van der Waals surface area contributed by atoms with Gasteiger partial charge in [-0.25, -0.2) is 9.97 Å². The van der Waals surface area contributed by atoms with Crippen molar-refractivity contribution in [2.75, 3.05) is 5.73 Å². The van der Waals surface area contributed by atoms with Crippen molar-refractivity contribution in [2.24, 2.45) is 0 Å². The number of pyridine rings is 1. The Labute approximate surface area is 96.3 Å². The van der Waals surface area contributed by atoms with Crippen molar-refractivity contribution in [3.05, 3.63) is 40.5 Å². The number of amides is 1. The van der Waals surface area contributed by atoms with Crippen LogP contribution in [-0.2, 0) is 6.54 Å². The molecule has 1 amide bonds. The normalized spacial score (nSPS) is 10.0. The SMILES string of the molecule is Nc1cccc(C(=O)NCc2cscn2)n1. The molecule has 82 valence electrons. The first-order valence-electron chi connectivity index (χ1n) is 4.63. The van der Waals surface area contributed by atoms with Crippen molar-refractivity contribution >= 4 is 23.1 Å². The van der Waals surface area contributed by atoms with Gasteiger partial charge in [-0.15, -0.1) is 11.3 Å². The van der Waals surface area contributed by atoms with Crippen molar-refractivity contribution in [1.29, 1.82) is 0 Å². The first-order valence-corrected chi connectivity index (χ1v) is 5.58. The van der Waals surface area contributed by atoms with Gasteiger partial charge in [-0.3, -0.25) is 4.79 Å². The zero-order valence-corrected chi connectivity index (χ0v) is 9.20. The van der Waals surface area contributed by atoms with Crippen LogP contribution >= 0.6 is 11.3 Å². The van der Waals surface area contributed by atoms with Crippen LogP contribution in [0.25, 0.3) is 0 Å². The molecular formula is C10H10N4OS. The maximum Gasteiger partial charge on any atom is 0.270 e. The second-order valence-corrected chi connectivity index (χ2v) is 3.83. The summed E-state index contributed by atoms with van der Waals surface area (Å²) in [6.45, 7) is 0.402. The van der Waals surface area contributed by atoms with E-state index in [1.807, 2.05) is 5.38 Å². The van der Waals surface area contributed by atoms with Gasteiger partial charge in [-0.1, -0.05) is 6.07 Å². The predicted molar refractivity (Wildman–Crippen MR) is 61.9 cm³/mol. The number of nitrogens with one attached hydrogen (secondary N) is 1. The third-order valence-electron chi connectivity index (χ3n) is 1.92. The zero-order valence-electron chi connectivity index (χ0n) is 8.38. The quantitative estimate of drug-likeness (QED) is 0.831. The van der Waals surface area contributed by atoms with E-state index in [4.69, 9.17) is 5.73 Å². The highest BCUT2D eigenvalue weighted by molar-refractivity contribution is 7.07. The lowest BCUT2D eigenvalue weighted by Gasteiger charge is -2.02. The number of aromatic nitrogens is 2. The van der Waals surface area contributed by atoms with Gasteiger partial charge >= 0.3 is 0 Å². The first kappa shape index (κ1) is 10.6. The second-order valence-electron chi connectivity index (χ2n) is 3.11. The second kappa shape index (κ2) is 4.71. The minimum atomic E-state index is -0.250. The summed E-state index contributed by atoms with van der Waals surface area (Å²) in [5, 5.41) is 4.60. The van der Waals surface area contributed by atoms with Crippen LogP contribution in [0.5, 0.6) is 0 Å². The number of rotatable bonds is 3. The molecule has 5 nitrogen and oxygen atoms in total. The molecule has 0 aliphatic rings. The molecule has 0 bridgehead atoms. The Morgan fingerprint density at radius 2 is 2.38 bits per heavy atom. The molecule has 6 heteroatoms. The molecule has 0 radical (unpaired) electrons. The van der Waals surface area contributed by atoms with Gasteiger partial charge in [-0.2, -0.15) is 0 Å². The number of nitrogen functional groups attached to an aromatic ring is 1. The average Bonchev–Trinajstić information content (AvgIpc) is 2.78. The van der Waals surface area contributed by atoms with Crippen LogP contribution in [0.1, 0.15) is 16.2 Å². The summed E-state index contributed by atoms with van der Waals surface area (Å²) >= 11 is 1.49. The summed E-state index contributed by atoms with van der Waals surface area (Å²) in [6.07, 6.45) is 0. The lowest BCUT2D eigenvalue weighted by atomic mass is 10.3. The van der Waals surface area contributed by atoms with Crippen molar-refractivity contribution in [2.45, 2.75) is 6.54 Å². The first-order chi connectivity index (χ1) is 7.75. The number of nitrogens with two attached hydrogens (primary N) is 1. The third-order valence-corrected chi connectivity index (χ3v) is 2.55. The van der Waals surface area contributed by atoms with Crippen molar-refractivity contribution in [3.63, 3.8) is 0 Å². The Hall–Kier alpha value is -1.95. The summed E-state index contributed by atoms with van der Waals surface area (Å²) in [7, 11) is 0. The van der Waals surface area contributed by atoms with Crippen LogP contribution in [0.3, 0.4) is 0 Å². The molecule has 0 atom stereocenters. The fraction of sp³-hybridized carbons (Fsp3) is 0.100. The number of hydrogen-bond acceptors (Lipinski definition) is 5. The topological polar surface area (TPSA) is 80.9 Å². The fourth-order valence-corrected chi connectivity index (χ4v) is 1.72. The zero-order chi connectivity index (χ0) is 11.4. The minimum absolute atomic E-state index is 0.250. The molecule has 0 aliphatic heterocycles. The summed E-state index contributed by atoms with van der Waals surface area (Å²) in [6, 6.07) is 4.95. The molecule has 0 aromatic carbocycles. The van der Waals surface area contributed by atoms with E-state index in [1.54, 1.807) is 23.7 Å². The number of nitrogens with zero attached hydrogens (tertiary/aromatic N) is 2. The van der Waals surface area contributed by atoms with Crippen LogP contribution in [0.4, 0.5) is 5.82 Å². The van der Waals surface area contributed by atoms with Crippen LogP contribution in [0.2, 0.25) is 0 Å². The van der Waals surface area contributed by atoms with Gasteiger partial charge < -0.3 is 11.1 Å². The van der Waals surface area contributed by atoms with Gasteiger partial charge in [0.05, 0.1) is 17.7 Å². The molecule has 3 N–H and O–H groups in total. The highest BCUT2D eigenvalue weighted by atomic mass is 32.1. The summed E-state index contributed by atoms with van der Waals surface area (Å²) in [4.78, 5) is 19.6. The lowest BCUT2D eigenvalue weighted by Crippen LogP contribution is -2.24. The summed E-state index contributed by atoms with van der Waals surface area (Å²) in [5.74, 6) is 0.0848. The molecule has 0 aliphatic carbocycles. The molecule has 16 heavy (non-hydrogen) atoms. The van der Waals surface area contributed by atoms with E-state index in [9.17, 15) is 4.79 Å². The number of anilines is 1. The van der Waals surface area contributed by atoms with Gasteiger partial charge in [-0.05, 0) is 12.1 Å². The number of carbonyl (C=O) groups excluding carboxylic acids is 1. The molecule has 2 heterocycles. The monoisotopic (exact) mass is 234 g/mol. The number of hydrogen-bond donors (Lipinski definition) is 2. The van der Waals surface area contributed by atoms with Gasteiger partial charge in [0.2, 0.25) is 0 Å². The molecule has 0 unspecified atom stereocenters.